The Bertz CT molecular complexity index is 969. The standard InChI is InChI=1S/C20H18Cl2N4O2/c1-24-19(27)17(14-6-5-13(21)12-15(14)22)18(20(24)28)26-10-8-25(9-11-26)16-4-2-3-7-23-16/h2-7,12H,8-11H2,1H3. The van der Waals surface area contributed by atoms with Crippen LogP contribution in [-0.4, -0.2) is 59.8 Å². The van der Waals surface area contributed by atoms with E-state index < -0.39 is 0 Å². The highest BCUT2D eigenvalue weighted by Crippen LogP contribution is 2.36. The van der Waals surface area contributed by atoms with Gasteiger partial charge in [0, 0.05) is 50.0 Å². The molecule has 28 heavy (non-hydrogen) atoms. The number of hydrogen-bond acceptors (Lipinski definition) is 5. The number of hydrogen-bond donors (Lipinski definition) is 0. The van der Waals surface area contributed by atoms with Crippen LogP contribution in [-0.2, 0) is 9.59 Å². The average Bonchev–Trinajstić information content (AvgIpc) is 2.93. The van der Waals surface area contributed by atoms with Gasteiger partial charge in [-0.2, -0.15) is 0 Å². The zero-order valence-electron chi connectivity index (χ0n) is 15.2. The van der Waals surface area contributed by atoms with Crippen molar-refractivity contribution >= 4 is 46.4 Å². The van der Waals surface area contributed by atoms with Crippen LogP contribution in [0.5, 0.6) is 0 Å². The van der Waals surface area contributed by atoms with E-state index in [4.69, 9.17) is 23.2 Å². The summed E-state index contributed by atoms with van der Waals surface area (Å²) in [5, 5.41) is 0.827. The molecule has 6 nitrogen and oxygen atoms in total. The number of nitrogens with zero attached hydrogens (tertiary/aromatic N) is 4. The summed E-state index contributed by atoms with van der Waals surface area (Å²) in [7, 11) is 1.49. The molecule has 3 heterocycles. The zero-order valence-corrected chi connectivity index (χ0v) is 16.7. The predicted molar refractivity (Wildman–Crippen MR) is 109 cm³/mol. The minimum atomic E-state index is -0.351. The van der Waals surface area contributed by atoms with E-state index in [0.717, 1.165) is 10.7 Å². The number of piperazine rings is 1. The Hall–Kier alpha value is -2.57. The molecule has 2 aliphatic heterocycles. The number of halogens is 2. The molecule has 144 valence electrons. The fraction of sp³-hybridized carbons (Fsp3) is 0.250. The van der Waals surface area contributed by atoms with Gasteiger partial charge in [-0.3, -0.25) is 14.5 Å². The van der Waals surface area contributed by atoms with E-state index in [1.807, 2.05) is 23.1 Å². The zero-order chi connectivity index (χ0) is 19.8. The van der Waals surface area contributed by atoms with Crippen LogP contribution in [0.25, 0.3) is 5.57 Å². The minimum absolute atomic E-state index is 0.308. The van der Waals surface area contributed by atoms with E-state index in [-0.39, 0.29) is 11.8 Å². The van der Waals surface area contributed by atoms with E-state index in [0.29, 0.717) is 53.1 Å². The molecule has 1 saturated heterocycles. The molecule has 2 aromatic rings. The summed E-state index contributed by atoms with van der Waals surface area (Å²) in [4.78, 5) is 35.3. The third kappa shape index (κ3) is 3.23. The van der Waals surface area contributed by atoms with Crippen molar-refractivity contribution in [1.82, 2.24) is 14.8 Å². The van der Waals surface area contributed by atoms with E-state index in [9.17, 15) is 9.59 Å². The van der Waals surface area contributed by atoms with Gasteiger partial charge in [-0.1, -0.05) is 35.3 Å². The van der Waals surface area contributed by atoms with Crippen LogP contribution in [0.3, 0.4) is 0 Å². The van der Waals surface area contributed by atoms with E-state index in [2.05, 4.69) is 9.88 Å². The number of rotatable bonds is 3. The highest BCUT2D eigenvalue weighted by molar-refractivity contribution is 6.41. The molecule has 0 spiro atoms. The lowest BCUT2D eigenvalue weighted by molar-refractivity contribution is -0.135. The summed E-state index contributed by atoms with van der Waals surface area (Å²) in [5.41, 5.74) is 1.26. The second-order valence-corrected chi connectivity index (χ2v) is 7.52. The van der Waals surface area contributed by atoms with Crippen molar-refractivity contribution in [3.8, 4) is 0 Å². The van der Waals surface area contributed by atoms with Crippen molar-refractivity contribution in [2.24, 2.45) is 0 Å². The Morgan fingerprint density at radius 1 is 0.929 bits per heavy atom. The second kappa shape index (κ2) is 7.45. The normalized spacial score (nSPS) is 17.8. The SMILES string of the molecule is CN1C(=O)C(c2ccc(Cl)cc2Cl)=C(N2CCN(c3ccccn3)CC2)C1=O. The first-order chi connectivity index (χ1) is 13.5. The number of carbonyl (C=O) groups is 2. The molecule has 0 aliphatic carbocycles. The summed E-state index contributed by atoms with van der Waals surface area (Å²) in [6.07, 6.45) is 1.76. The predicted octanol–water partition coefficient (Wildman–Crippen LogP) is 2.92. The third-order valence-electron chi connectivity index (χ3n) is 5.03. The molecule has 0 bridgehead atoms. The Kier molecular flexibility index (Phi) is 5.00. The van der Waals surface area contributed by atoms with Crippen LogP contribution >= 0.6 is 23.2 Å². The highest BCUT2D eigenvalue weighted by Gasteiger charge is 2.40. The maximum absolute atomic E-state index is 12.8. The van der Waals surface area contributed by atoms with Gasteiger partial charge in [-0.05, 0) is 24.3 Å². The van der Waals surface area contributed by atoms with Gasteiger partial charge < -0.3 is 9.80 Å². The first-order valence-corrected chi connectivity index (χ1v) is 9.66. The van der Waals surface area contributed by atoms with Crippen LogP contribution in [0.2, 0.25) is 10.0 Å². The lowest BCUT2D eigenvalue weighted by atomic mass is 10.0. The molecule has 1 fully saturated rings. The summed E-state index contributed by atoms with van der Waals surface area (Å²) in [6.45, 7) is 2.61. The molecule has 4 rings (SSSR count). The largest absolute Gasteiger partial charge is 0.363 e. The molecule has 2 amide bonds. The van der Waals surface area contributed by atoms with E-state index >= 15 is 0 Å². The Morgan fingerprint density at radius 2 is 1.64 bits per heavy atom. The lowest BCUT2D eigenvalue weighted by Crippen LogP contribution is -2.47. The van der Waals surface area contributed by atoms with Crippen LogP contribution in [0.1, 0.15) is 5.56 Å². The fourth-order valence-corrected chi connectivity index (χ4v) is 4.06. The number of carbonyl (C=O) groups excluding carboxylic acids is 2. The summed E-state index contributed by atoms with van der Waals surface area (Å²) in [6, 6.07) is 10.7. The van der Waals surface area contributed by atoms with E-state index in [1.54, 1.807) is 24.4 Å². The summed E-state index contributed by atoms with van der Waals surface area (Å²) >= 11 is 12.3. The van der Waals surface area contributed by atoms with E-state index in [1.165, 1.54) is 7.05 Å². The van der Waals surface area contributed by atoms with Gasteiger partial charge in [0.15, 0.2) is 0 Å². The van der Waals surface area contributed by atoms with Gasteiger partial charge in [0.25, 0.3) is 11.8 Å². The number of pyridine rings is 1. The van der Waals surface area contributed by atoms with Crippen LogP contribution in [0, 0.1) is 0 Å². The van der Waals surface area contributed by atoms with Gasteiger partial charge >= 0.3 is 0 Å². The van der Waals surface area contributed by atoms with Gasteiger partial charge in [0.2, 0.25) is 0 Å². The van der Waals surface area contributed by atoms with Gasteiger partial charge in [0.05, 0.1) is 10.6 Å². The molecule has 0 N–H and O–H groups in total. The number of benzene rings is 1. The maximum atomic E-state index is 12.8. The molecule has 0 saturated carbocycles. The van der Waals surface area contributed by atoms with Gasteiger partial charge in [-0.25, -0.2) is 4.98 Å². The van der Waals surface area contributed by atoms with Crippen molar-refractivity contribution in [1.29, 1.82) is 0 Å². The number of likely N-dealkylation sites (N-methyl/N-ethyl adjacent to an activating group) is 1. The van der Waals surface area contributed by atoms with Crippen LogP contribution in [0.15, 0.2) is 48.3 Å². The number of amides is 2. The summed E-state index contributed by atoms with van der Waals surface area (Å²) < 4.78 is 0. The molecule has 8 heteroatoms. The van der Waals surface area contributed by atoms with Crippen LogP contribution < -0.4 is 4.90 Å². The van der Waals surface area contributed by atoms with Crippen molar-refractivity contribution in [2.45, 2.75) is 0 Å². The quantitative estimate of drug-likeness (QED) is 0.719. The first-order valence-electron chi connectivity index (χ1n) is 8.90. The van der Waals surface area contributed by atoms with Crippen molar-refractivity contribution in [2.75, 3.05) is 38.1 Å². The minimum Gasteiger partial charge on any atom is -0.363 e. The Balaban J connectivity index is 1.66. The van der Waals surface area contributed by atoms with Gasteiger partial charge in [-0.15, -0.1) is 0 Å². The smallest absolute Gasteiger partial charge is 0.277 e. The highest BCUT2D eigenvalue weighted by atomic mass is 35.5. The van der Waals surface area contributed by atoms with Crippen molar-refractivity contribution in [3.05, 3.63) is 63.9 Å². The van der Waals surface area contributed by atoms with Crippen LogP contribution in [0.4, 0.5) is 5.82 Å². The fourth-order valence-electron chi connectivity index (χ4n) is 3.56. The second-order valence-electron chi connectivity index (χ2n) is 6.68. The molecule has 1 aromatic carbocycles. The number of anilines is 1. The Morgan fingerprint density at radius 3 is 2.29 bits per heavy atom. The molecule has 1 aromatic heterocycles. The lowest BCUT2D eigenvalue weighted by Gasteiger charge is -2.37. The maximum Gasteiger partial charge on any atom is 0.277 e. The van der Waals surface area contributed by atoms with Crippen molar-refractivity contribution < 1.29 is 9.59 Å². The molecule has 0 radical (unpaired) electrons. The third-order valence-corrected chi connectivity index (χ3v) is 5.58. The monoisotopic (exact) mass is 416 g/mol. The average molecular weight is 417 g/mol. The topological polar surface area (TPSA) is 56.8 Å². The van der Waals surface area contributed by atoms with Gasteiger partial charge in [0.1, 0.15) is 11.5 Å². The molecular weight excluding hydrogens is 399 g/mol. The molecular formula is C20H18Cl2N4O2. The van der Waals surface area contributed by atoms with Crippen molar-refractivity contribution in [3.63, 3.8) is 0 Å². The Labute approximate surface area is 173 Å². The molecule has 0 atom stereocenters. The first kappa shape index (κ1) is 18.8. The molecule has 0 unspecified atom stereocenters. The number of aromatic nitrogens is 1. The molecule has 2 aliphatic rings. The summed E-state index contributed by atoms with van der Waals surface area (Å²) in [5.74, 6) is 0.247. The number of imide groups is 1.